The third-order valence-corrected chi connectivity index (χ3v) is 3.83. The second-order valence-corrected chi connectivity index (χ2v) is 6.02. The lowest BCUT2D eigenvalue weighted by Gasteiger charge is -2.13. The Morgan fingerprint density at radius 3 is 2.67 bits per heavy atom. The van der Waals surface area contributed by atoms with Gasteiger partial charge in [-0.05, 0) is 44.2 Å². The third kappa shape index (κ3) is 4.20. The highest BCUT2D eigenvalue weighted by Gasteiger charge is 2.21. The van der Waals surface area contributed by atoms with Crippen LogP contribution in [0.5, 0.6) is 0 Å². The van der Waals surface area contributed by atoms with Crippen molar-refractivity contribution < 1.29 is 23.1 Å². The van der Waals surface area contributed by atoms with Crippen molar-refractivity contribution in [2.75, 3.05) is 5.32 Å². The number of nitrogens with one attached hydrogen (secondary N) is 1. The molecule has 7 heteroatoms. The van der Waals surface area contributed by atoms with Crippen LogP contribution in [0, 0.1) is 12.7 Å². The van der Waals surface area contributed by atoms with E-state index in [0.717, 1.165) is 17.7 Å². The molecule has 0 aliphatic carbocycles. The lowest BCUT2D eigenvalue weighted by Crippen LogP contribution is -2.30. The summed E-state index contributed by atoms with van der Waals surface area (Å²) in [6.07, 6.45) is -1.18. The van der Waals surface area contributed by atoms with Crippen LogP contribution in [-0.4, -0.2) is 18.0 Å². The maximum Gasteiger partial charge on any atom is 0.375 e. The van der Waals surface area contributed by atoms with Crippen LogP contribution < -0.4 is 10.7 Å². The molecule has 3 rings (SSSR count). The van der Waals surface area contributed by atoms with Gasteiger partial charge in [0.15, 0.2) is 11.5 Å². The predicted molar refractivity (Wildman–Crippen MR) is 97.1 cm³/mol. The Bertz CT molecular complexity index is 1090. The lowest BCUT2D eigenvalue weighted by atomic mass is 10.1. The van der Waals surface area contributed by atoms with Gasteiger partial charge < -0.3 is 14.5 Å². The molecule has 1 aromatic heterocycles. The van der Waals surface area contributed by atoms with Gasteiger partial charge in [0.05, 0.1) is 5.39 Å². The summed E-state index contributed by atoms with van der Waals surface area (Å²) in [6, 6.07) is 11.3. The first-order valence-electron chi connectivity index (χ1n) is 8.15. The number of esters is 1. The average molecular weight is 369 g/mol. The van der Waals surface area contributed by atoms with Crippen LogP contribution in [0.3, 0.4) is 0 Å². The number of ether oxygens (including phenoxy) is 1. The molecule has 0 unspecified atom stereocenters. The smallest absolute Gasteiger partial charge is 0.375 e. The zero-order valence-corrected chi connectivity index (χ0v) is 14.6. The lowest BCUT2D eigenvalue weighted by molar-refractivity contribution is -0.123. The van der Waals surface area contributed by atoms with Crippen LogP contribution in [0.2, 0.25) is 0 Å². The molecule has 1 amide bonds. The van der Waals surface area contributed by atoms with E-state index in [4.69, 9.17) is 9.15 Å². The van der Waals surface area contributed by atoms with Crippen molar-refractivity contribution in [2.45, 2.75) is 20.0 Å². The van der Waals surface area contributed by atoms with Gasteiger partial charge in [-0.25, -0.2) is 9.18 Å². The molecule has 1 N–H and O–H groups in total. The second kappa shape index (κ2) is 7.41. The summed E-state index contributed by atoms with van der Waals surface area (Å²) in [6.45, 7) is 3.19. The number of aryl methyl sites for hydroxylation is 1. The Kier molecular flexibility index (Phi) is 5.03. The SMILES string of the molecule is Cc1ccc2oc(C(=O)O[C@@H](C)C(=O)Nc3cccc(F)c3)cc(=O)c2c1. The van der Waals surface area contributed by atoms with Crippen LogP contribution in [0.4, 0.5) is 10.1 Å². The number of carbonyl (C=O) groups is 2. The van der Waals surface area contributed by atoms with Crippen molar-refractivity contribution in [1.29, 1.82) is 0 Å². The second-order valence-electron chi connectivity index (χ2n) is 6.02. The molecule has 27 heavy (non-hydrogen) atoms. The number of hydrogen-bond donors (Lipinski definition) is 1. The Morgan fingerprint density at radius 1 is 1.15 bits per heavy atom. The number of anilines is 1. The standard InChI is InChI=1S/C20H16FNO5/c1-11-6-7-17-15(8-11)16(23)10-18(27-17)20(25)26-12(2)19(24)22-14-5-3-4-13(21)9-14/h3-10,12H,1-2H3,(H,22,24)/t12-/m0/s1. The number of rotatable bonds is 4. The van der Waals surface area contributed by atoms with Gasteiger partial charge in [0.1, 0.15) is 11.4 Å². The van der Waals surface area contributed by atoms with Crippen molar-refractivity contribution in [1.82, 2.24) is 0 Å². The van der Waals surface area contributed by atoms with Crippen LogP contribution in [0.1, 0.15) is 23.0 Å². The Morgan fingerprint density at radius 2 is 1.93 bits per heavy atom. The molecule has 0 aliphatic heterocycles. The van der Waals surface area contributed by atoms with Crippen molar-refractivity contribution in [3.63, 3.8) is 0 Å². The molecule has 0 saturated carbocycles. The van der Waals surface area contributed by atoms with E-state index in [1.54, 1.807) is 18.2 Å². The number of hydrogen-bond acceptors (Lipinski definition) is 5. The molecule has 0 fully saturated rings. The van der Waals surface area contributed by atoms with E-state index in [2.05, 4.69) is 5.32 Å². The maximum atomic E-state index is 13.2. The fraction of sp³-hybridized carbons (Fsp3) is 0.150. The van der Waals surface area contributed by atoms with Gasteiger partial charge in [0, 0.05) is 11.8 Å². The number of carbonyl (C=O) groups excluding carboxylic acids is 2. The topological polar surface area (TPSA) is 85.6 Å². The van der Waals surface area contributed by atoms with E-state index >= 15 is 0 Å². The van der Waals surface area contributed by atoms with Crippen molar-refractivity contribution in [3.05, 3.63) is 75.9 Å². The molecular weight excluding hydrogens is 353 g/mol. The van der Waals surface area contributed by atoms with Crippen molar-refractivity contribution >= 4 is 28.5 Å². The van der Waals surface area contributed by atoms with E-state index in [1.165, 1.54) is 25.1 Å². The molecule has 1 heterocycles. The first-order chi connectivity index (χ1) is 12.8. The number of halogens is 1. The van der Waals surface area contributed by atoms with E-state index < -0.39 is 23.8 Å². The molecular formula is C20H16FNO5. The molecule has 138 valence electrons. The first-order valence-corrected chi connectivity index (χ1v) is 8.15. The molecule has 0 spiro atoms. The van der Waals surface area contributed by atoms with Gasteiger partial charge in [-0.15, -0.1) is 0 Å². The Labute approximate surface area is 153 Å². The summed E-state index contributed by atoms with van der Waals surface area (Å²) in [5, 5.41) is 2.79. The molecule has 0 saturated heterocycles. The van der Waals surface area contributed by atoms with Gasteiger partial charge in [-0.2, -0.15) is 0 Å². The monoisotopic (exact) mass is 369 g/mol. The van der Waals surface area contributed by atoms with Crippen LogP contribution >= 0.6 is 0 Å². The van der Waals surface area contributed by atoms with E-state index in [-0.39, 0.29) is 22.5 Å². The van der Waals surface area contributed by atoms with E-state index in [1.807, 2.05) is 6.92 Å². The van der Waals surface area contributed by atoms with Gasteiger partial charge in [-0.3, -0.25) is 9.59 Å². The Hall–Kier alpha value is -3.48. The third-order valence-electron chi connectivity index (χ3n) is 3.83. The summed E-state index contributed by atoms with van der Waals surface area (Å²) in [4.78, 5) is 36.5. The number of amides is 1. The number of benzene rings is 2. The zero-order valence-electron chi connectivity index (χ0n) is 14.6. The fourth-order valence-electron chi connectivity index (χ4n) is 2.45. The highest BCUT2D eigenvalue weighted by Crippen LogP contribution is 2.16. The normalized spacial score (nSPS) is 11.8. The number of fused-ring (bicyclic) bond motifs is 1. The first kappa shape index (κ1) is 18.3. The molecule has 0 aliphatic rings. The fourth-order valence-corrected chi connectivity index (χ4v) is 2.45. The van der Waals surface area contributed by atoms with E-state index in [0.29, 0.717) is 5.39 Å². The summed E-state index contributed by atoms with van der Waals surface area (Å²) in [5.74, 6) is -2.41. The van der Waals surface area contributed by atoms with E-state index in [9.17, 15) is 18.8 Å². The minimum absolute atomic E-state index is 0.232. The van der Waals surface area contributed by atoms with Crippen LogP contribution in [-0.2, 0) is 9.53 Å². The highest BCUT2D eigenvalue weighted by atomic mass is 19.1. The van der Waals surface area contributed by atoms with Gasteiger partial charge in [0.2, 0.25) is 5.76 Å². The largest absolute Gasteiger partial charge is 0.449 e. The molecule has 3 aromatic rings. The van der Waals surface area contributed by atoms with Crippen molar-refractivity contribution in [2.24, 2.45) is 0 Å². The highest BCUT2D eigenvalue weighted by molar-refractivity contribution is 5.97. The van der Waals surface area contributed by atoms with Crippen molar-refractivity contribution in [3.8, 4) is 0 Å². The summed E-state index contributed by atoms with van der Waals surface area (Å²) in [7, 11) is 0. The quantitative estimate of drug-likeness (QED) is 0.712. The van der Waals surface area contributed by atoms with Crippen LogP contribution in [0.25, 0.3) is 11.0 Å². The molecule has 2 aromatic carbocycles. The maximum absolute atomic E-state index is 13.2. The summed E-state index contributed by atoms with van der Waals surface area (Å²) in [5.41, 5.74) is 0.976. The average Bonchev–Trinajstić information content (AvgIpc) is 2.62. The molecule has 1 atom stereocenters. The van der Waals surface area contributed by atoms with Gasteiger partial charge in [-0.1, -0.05) is 17.7 Å². The minimum Gasteiger partial charge on any atom is -0.449 e. The van der Waals surface area contributed by atoms with Crippen LogP contribution in [0.15, 0.2) is 57.7 Å². The zero-order chi connectivity index (χ0) is 19.6. The van der Waals surface area contributed by atoms with Gasteiger partial charge >= 0.3 is 5.97 Å². The van der Waals surface area contributed by atoms with Gasteiger partial charge in [0.25, 0.3) is 5.91 Å². The molecule has 0 bridgehead atoms. The predicted octanol–water partition coefficient (Wildman–Crippen LogP) is 3.42. The summed E-state index contributed by atoms with van der Waals surface area (Å²) >= 11 is 0. The Balaban J connectivity index is 1.74. The molecule has 0 radical (unpaired) electrons. The minimum atomic E-state index is -1.18. The molecule has 6 nitrogen and oxygen atoms in total. The summed E-state index contributed by atoms with van der Waals surface area (Å²) < 4.78 is 23.6.